The van der Waals surface area contributed by atoms with E-state index < -0.39 is 16.0 Å². The van der Waals surface area contributed by atoms with Gasteiger partial charge in [-0.3, -0.25) is 4.79 Å². The van der Waals surface area contributed by atoms with Crippen LogP contribution in [0.2, 0.25) is 0 Å². The molecule has 2 aromatic rings. The van der Waals surface area contributed by atoms with Gasteiger partial charge in [-0.2, -0.15) is 9.57 Å². The normalized spacial score (nSPS) is 18.0. The van der Waals surface area contributed by atoms with E-state index in [1.807, 2.05) is 24.3 Å². The molecule has 27 heavy (non-hydrogen) atoms. The van der Waals surface area contributed by atoms with Crippen LogP contribution in [0, 0.1) is 11.3 Å². The number of carboxylic acids is 1. The van der Waals surface area contributed by atoms with Crippen molar-refractivity contribution in [1.29, 1.82) is 5.26 Å². The molecule has 0 aliphatic carbocycles. The highest BCUT2D eigenvalue weighted by atomic mass is 32.2. The Morgan fingerprint density at radius 2 is 1.96 bits per heavy atom. The summed E-state index contributed by atoms with van der Waals surface area (Å²) in [5.41, 5.74) is 2.10. The molecule has 0 bridgehead atoms. The summed E-state index contributed by atoms with van der Waals surface area (Å²) in [6.07, 6.45) is 1.55. The van der Waals surface area contributed by atoms with Crippen LogP contribution in [0.4, 0.5) is 0 Å². The monoisotopic (exact) mass is 384 g/mol. The highest BCUT2D eigenvalue weighted by Crippen LogP contribution is 2.30. The van der Waals surface area contributed by atoms with Crippen molar-refractivity contribution in [2.24, 2.45) is 0 Å². The predicted molar refractivity (Wildman–Crippen MR) is 99.7 cm³/mol. The van der Waals surface area contributed by atoms with Crippen LogP contribution >= 0.6 is 0 Å². The number of hydrogen-bond donors (Lipinski definition) is 1. The first kappa shape index (κ1) is 19.1. The van der Waals surface area contributed by atoms with Gasteiger partial charge in [0.15, 0.2) is 0 Å². The van der Waals surface area contributed by atoms with Crippen LogP contribution in [-0.4, -0.2) is 36.9 Å². The Kier molecular flexibility index (Phi) is 5.59. The number of rotatable bonds is 5. The first-order chi connectivity index (χ1) is 12.9. The Morgan fingerprint density at radius 3 is 2.63 bits per heavy atom. The van der Waals surface area contributed by atoms with Crippen LogP contribution in [0.3, 0.4) is 0 Å². The van der Waals surface area contributed by atoms with Crippen molar-refractivity contribution < 1.29 is 18.3 Å². The Morgan fingerprint density at radius 1 is 1.22 bits per heavy atom. The van der Waals surface area contributed by atoms with Crippen LogP contribution in [0.1, 0.15) is 35.4 Å². The molecule has 0 amide bonds. The number of carbonyl (C=O) groups is 1. The highest BCUT2D eigenvalue weighted by Gasteiger charge is 2.31. The van der Waals surface area contributed by atoms with Gasteiger partial charge in [0, 0.05) is 13.1 Å². The van der Waals surface area contributed by atoms with Gasteiger partial charge >= 0.3 is 5.97 Å². The number of aliphatic carboxylic acids is 1. The molecule has 1 fully saturated rings. The van der Waals surface area contributed by atoms with Crippen molar-refractivity contribution in [3.8, 4) is 6.07 Å². The van der Waals surface area contributed by atoms with Gasteiger partial charge in [0.1, 0.15) is 0 Å². The number of nitrogens with zero attached hydrogens (tertiary/aromatic N) is 2. The Hall–Kier alpha value is -2.69. The maximum absolute atomic E-state index is 12.9. The number of carboxylic acid groups (broad SMARTS) is 1. The van der Waals surface area contributed by atoms with E-state index in [4.69, 9.17) is 10.4 Å². The van der Waals surface area contributed by atoms with Crippen molar-refractivity contribution in [1.82, 2.24) is 4.31 Å². The van der Waals surface area contributed by atoms with E-state index in [9.17, 15) is 13.2 Å². The minimum absolute atomic E-state index is 0.0284. The van der Waals surface area contributed by atoms with Gasteiger partial charge in [-0.1, -0.05) is 24.3 Å². The average molecular weight is 384 g/mol. The molecule has 1 saturated heterocycles. The summed E-state index contributed by atoms with van der Waals surface area (Å²) in [6.45, 7) is 0.812. The molecule has 1 aliphatic heterocycles. The third kappa shape index (κ3) is 4.35. The van der Waals surface area contributed by atoms with E-state index in [-0.39, 0.29) is 17.2 Å². The van der Waals surface area contributed by atoms with Crippen molar-refractivity contribution in [2.45, 2.75) is 30.1 Å². The predicted octanol–water partition coefficient (Wildman–Crippen LogP) is 2.75. The number of nitriles is 1. The lowest BCUT2D eigenvalue weighted by Crippen LogP contribution is -2.39. The molecule has 3 rings (SSSR count). The van der Waals surface area contributed by atoms with Gasteiger partial charge in [0.2, 0.25) is 10.0 Å². The zero-order valence-electron chi connectivity index (χ0n) is 14.7. The van der Waals surface area contributed by atoms with Crippen molar-refractivity contribution in [2.75, 3.05) is 13.1 Å². The van der Waals surface area contributed by atoms with E-state index >= 15 is 0 Å². The first-order valence-corrected chi connectivity index (χ1v) is 10.1. The molecule has 7 heteroatoms. The zero-order chi connectivity index (χ0) is 19.4. The molecular formula is C20H20N2O4S. The SMILES string of the molecule is N#Cc1ccc(S(=O)(=O)N2CCCC(c3cccc(CC(=O)O)c3)C2)cc1. The van der Waals surface area contributed by atoms with Gasteiger partial charge in [-0.05, 0) is 54.2 Å². The van der Waals surface area contributed by atoms with Gasteiger partial charge in [0.25, 0.3) is 0 Å². The summed E-state index contributed by atoms with van der Waals surface area (Å²) in [4.78, 5) is 11.1. The molecule has 0 radical (unpaired) electrons. The van der Waals surface area contributed by atoms with Crippen molar-refractivity contribution in [3.63, 3.8) is 0 Å². The standard InChI is InChI=1S/C20H20N2O4S/c21-13-15-6-8-19(9-7-15)27(25,26)22-10-2-5-18(14-22)17-4-1-3-16(11-17)12-20(23)24/h1,3-4,6-9,11,18H,2,5,10,12,14H2,(H,23,24). The van der Waals surface area contributed by atoms with E-state index in [0.29, 0.717) is 24.2 Å². The van der Waals surface area contributed by atoms with Crippen LogP contribution < -0.4 is 0 Å². The topological polar surface area (TPSA) is 98.5 Å². The van der Waals surface area contributed by atoms with E-state index in [2.05, 4.69) is 0 Å². The average Bonchev–Trinajstić information content (AvgIpc) is 2.68. The highest BCUT2D eigenvalue weighted by molar-refractivity contribution is 7.89. The summed E-state index contributed by atoms with van der Waals surface area (Å²) >= 11 is 0. The lowest BCUT2D eigenvalue weighted by molar-refractivity contribution is -0.136. The molecule has 0 spiro atoms. The summed E-state index contributed by atoms with van der Waals surface area (Å²) < 4.78 is 27.4. The van der Waals surface area contributed by atoms with Crippen molar-refractivity contribution in [3.05, 3.63) is 65.2 Å². The van der Waals surface area contributed by atoms with E-state index in [1.54, 1.807) is 6.07 Å². The molecule has 6 nitrogen and oxygen atoms in total. The summed E-state index contributed by atoms with van der Waals surface area (Å²) in [7, 11) is -3.63. The second kappa shape index (κ2) is 7.91. The number of piperidine rings is 1. The molecular weight excluding hydrogens is 364 g/mol. The maximum atomic E-state index is 12.9. The maximum Gasteiger partial charge on any atom is 0.307 e. The minimum atomic E-state index is -3.63. The van der Waals surface area contributed by atoms with Crippen LogP contribution in [0.5, 0.6) is 0 Å². The number of hydrogen-bond acceptors (Lipinski definition) is 4. The van der Waals surface area contributed by atoms with Gasteiger partial charge in [0.05, 0.1) is 22.9 Å². The fraction of sp³-hybridized carbons (Fsp3) is 0.300. The zero-order valence-corrected chi connectivity index (χ0v) is 15.5. The smallest absolute Gasteiger partial charge is 0.307 e. The van der Waals surface area contributed by atoms with Crippen LogP contribution in [0.15, 0.2) is 53.4 Å². The molecule has 1 atom stereocenters. The largest absolute Gasteiger partial charge is 0.481 e. The van der Waals surface area contributed by atoms with E-state index in [1.165, 1.54) is 28.6 Å². The second-order valence-electron chi connectivity index (χ2n) is 6.65. The molecule has 0 aromatic heterocycles. The molecule has 140 valence electrons. The third-order valence-electron chi connectivity index (χ3n) is 4.78. The molecule has 1 unspecified atom stereocenters. The first-order valence-electron chi connectivity index (χ1n) is 8.71. The fourth-order valence-electron chi connectivity index (χ4n) is 3.41. The minimum Gasteiger partial charge on any atom is -0.481 e. The van der Waals surface area contributed by atoms with Gasteiger partial charge in [-0.15, -0.1) is 0 Å². The third-order valence-corrected chi connectivity index (χ3v) is 6.66. The lowest BCUT2D eigenvalue weighted by Gasteiger charge is -2.32. The van der Waals surface area contributed by atoms with Gasteiger partial charge < -0.3 is 5.11 Å². The molecule has 2 aromatic carbocycles. The lowest BCUT2D eigenvalue weighted by atomic mass is 9.90. The van der Waals surface area contributed by atoms with E-state index in [0.717, 1.165) is 18.4 Å². The van der Waals surface area contributed by atoms with Crippen LogP contribution in [-0.2, 0) is 21.2 Å². The molecule has 0 saturated carbocycles. The number of benzene rings is 2. The Balaban J connectivity index is 1.81. The Labute approximate surface area is 158 Å². The number of sulfonamides is 1. The van der Waals surface area contributed by atoms with Crippen molar-refractivity contribution >= 4 is 16.0 Å². The fourth-order valence-corrected chi connectivity index (χ4v) is 4.94. The second-order valence-corrected chi connectivity index (χ2v) is 8.59. The molecule has 1 N–H and O–H groups in total. The molecule has 1 heterocycles. The summed E-state index contributed by atoms with van der Waals surface area (Å²) in [5.74, 6) is -0.860. The van der Waals surface area contributed by atoms with Gasteiger partial charge in [-0.25, -0.2) is 8.42 Å². The summed E-state index contributed by atoms with van der Waals surface area (Å²) in [5, 5.41) is 17.8. The van der Waals surface area contributed by atoms with Crippen LogP contribution in [0.25, 0.3) is 0 Å². The quantitative estimate of drug-likeness (QED) is 0.855. The summed E-state index contributed by atoms with van der Waals surface area (Å²) in [6, 6.07) is 15.3. The molecule has 1 aliphatic rings. The Bertz CT molecular complexity index is 978.